The highest BCUT2D eigenvalue weighted by atomic mass is 35.5. The van der Waals surface area contributed by atoms with Gasteiger partial charge in [-0.3, -0.25) is 0 Å². The lowest BCUT2D eigenvalue weighted by Crippen LogP contribution is -2.08. The molecule has 0 bridgehead atoms. The van der Waals surface area contributed by atoms with Gasteiger partial charge in [-0.2, -0.15) is 0 Å². The number of halogens is 1. The first-order valence-corrected chi connectivity index (χ1v) is 9.83. The quantitative estimate of drug-likeness (QED) is 0.498. The smallest absolute Gasteiger partial charge is 0.186 e. The number of rotatable bonds is 2. The van der Waals surface area contributed by atoms with Crippen molar-refractivity contribution >= 4 is 38.8 Å². The number of thiophene rings is 1. The first kappa shape index (κ1) is 16.0. The summed E-state index contributed by atoms with van der Waals surface area (Å²) in [5.41, 5.74) is 3.05. The molecule has 1 atom stereocenters. The lowest BCUT2D eigenvalue weighted by atomic mass is 9.89. The summed E-state index contributed by atoms with van der Waals surface area (Å²) >= 11 is 7.98. The molecule has 5 rings (SSSR count). The molecule has 1 aliphatic rings. The number of benzene rings is 1. The Hall–Kier alpha value is -2.18. The van der Waals surface area contributed by atoms with Crippen LogP contribution >= 0.6 is 22.9 Å². The first-order chi connectivity index (χ1) is 12.6. The zero-order chi connectivity index (χ0) is 17.8. The summed E-state index contributed by atoms with van der Waals surface area (Å²) in [5, 5.41) is 6.42. The topological polar surface area (TPSA) is 52.3 Å². The molecule has 132 valence electrons. The summed E-state index contributed by atoms with van der Waals surface area (Å²) in [4.78, 5) is 12.0. The highest BCUT2D eigenvalue weighted by Gasteiger charge is 2.24. The largest absolute Gasteiger partial charge is 0.496 e. The van der Waals surface area contributed by atoms with Crippen molar-refractivity contribution < 1.29 is 4.74 Å². The Labute approximate surface area is 159 Å². The van der Waals surface area contributed by atoms with Crippen molar-refractivity contribution in [3.63, 3.8) is 0 Å². The van der Waals surface area contributed by atoms with Crippen LogP contribution in [0.5, 0.6) is 5.75 Å². The SMILES string of the molecule is COc1ccc(Cl)cc1-c1nc2c3c4c(sc3ncn2n1)C[C@H](C)CC4. The molecule has 0 unspecified atom stereocenters. The predicted octanol–water partition coefficient (Wildman–Crippen LogP) is 4.79. The van der Waals surface area contributed by atoms with E-state index in [0.29, 0.717) is 16.6 Å². The van der Waals surface area contributed by atoms with Gasteiger partial charge in [0.1, 0.15) is 16.9 Å². The summed E-state index contributed by atoms with van der Waals surface area (Å²) in [7, 11) is 1.64. The van der Waals surface area contributed by atoms with Gasteiger partial charge in [-0.05, 0) is 48.9 Å². The molecule has 0 aliphatic heterocycles. The van der Waals surface area contributed by atoms with Gasteiger partial charge < -0.3 is 4.74 Å². The molecule has 4 aromatic rings. The van der Waals surface area contributed by atoms with Crippen molar-refractivity contribution in [3.8, 4) is 17.1 Å². The average molecular weight is 385 g/mol. The molecule has 26 heavy (non-hydrogen) atoms. The third-order valence-electron chi connectivity index (χ3n) is 5.03. The van der Waals surface area contributed by atoms with Crippen LogP contribution in [0, 0.1) is 5.92 Å². The van der Waals surface area contributed by atoms with Crippen LogP contribution < -0.4 is 4.74 Å². The fourth-order valence-electron chi connectivity index (χ4n) is 3.71. The van der Waals surface area contributed by atoms with Gasteiger partial charge in [0.15, 0.2) is 11.5 Å². The van der Waals surface area contributed by atoms with Crippen LogP contribution in [0.2, 0.25) is 5.02 Å². The van der Waals surface area contributed by atoms with Crippen molar-refractivity contribution in [2.45, 2.75) is 26.2 Å². The monoisotopic (exact) mass is 384 g/mol. The van der Waals surface area contributed by atoms with Gasteiger partial charge in [-0.25, -0.2) is 14.5 Å². The molecule has 1 aliphatic carbocycles. The third-order valence-corrected chi connectivity index (χ3v) is 6.43. The Balaban J connectivity index is 1.76. The average Bonchev–Trinajstić information content (AvgIpc) is 3.21. The summed E-state index contributed by atoms with van der Waals surface area (Å²) in [5.74, 6) is 2.04. The van der Waals surface area contributed by atoms with Crippen molar-refractivity contribution in [3.05, 3.63) is 40.0 Å². The Morgan fingerprint density at radius 2 is 2.23 bits per heavy atom. The second-order valence-electron chi connectivity index (χ2n) is 6.82. The van der Waals surface area contributed by atoms with E-state index >= 15 is 0 Å². The minimum atomic E-state index is 0.600. The van der Waals surface area contributed by atoms with Crippen LogP contribution in [0.1, 0.15) is 23.8 Å². The van der Waals surface area contributed by atoms with Gasteiger partial charge in [0.2, 0.25) is 0 Å². The fourth-order valence-corrected chi connectivity index (χ4v) is 5.23. The van der Waals surface area contributed by atoms with Gasteiger partial charge in [0, 0.05) is 9.90 Å². The van der Waals surface area contributed by atoms with Crippen LogP contribution in [-0.4, -0.2) is 26.7 Å². The van der Waals surface area contributed by atoms with E-state index < -0.39 is 0 Å². The second kappa shape index (κ2) is 5.93. The van der Waals surface area contributed by atoms with Crippen molar-refractivity contribution in [2.75, 3.05) is 7.11 Å². The third kappa shape index (κ3) is 2.40. The maximum absolute atomic E-state index is 6.18. The molecule has 3 heterocycles. The van der Waals surface area contributed by atoms with Gasteiger partial charge in [0.25, 0.3) is 0 Å². The Bertz CT molecular complexity index is 1150. The number of ether oxygens (including phenoxy) is 1. The molecule has 0 amide bonds. The maximum Gasteiger partial charge on any atom is 0.186 e. The highest BCUT2D eigenvalue weighted by molar-refractivity contribution is 7.19. The number of fused-ring (bicyclic) bond motifs is 5. The Morgan fingerprint density at radius 3 is 3.08 bits per heavy atom. The van der Waals surface area contributed by atoms with Gasteiger partial charge in [-0.15, -0.1) is 16.4 Å². The molecule has 0 N–H and O–H groups in total. The summed E-state index contributed by atoms with van der Waals surface area (Å²) < 4.78 is 7.23. The molecular weight excluding hydrogens is 368 g/mol. The minimum Gasteiger partial charge on any atom is -0.496 e. The zero-order valence-corrected chi connectivity index (χ0v) is 16.1. The molecule has 3 aromatic heterocycles. The van der Waals surface area contributed by atoms with Crippen molar-refractivity contribution in [1.82, 2.24) is 19.6 Å². The van der Waals surface area contributed by atoms with E-state index in [4.69, 9.17) is 21.3 Å². The number of hydrogen-bond donors (Lipinski definition) is 0. The van der Waals surface area contributed by atoms with Crippen LogP contribution in [0.4, 0.5) is 0 Å². The molecule has 5 nitrogen and oxygen atoms in total. The van der Waals surface area contributed by atoms with Gasteiger partial charge in [0.05, 0.1) is 18.1 Å². The van der Waals surface area contributed by atoms with Crippen LogP contribution in [0.25, 0.3) is 27.3 Å². The van der Waals surface area contributed by atoms with E-state index in [1.807, 2.05) is 12.1 Å². The molecule has 0 saturated carbocycles. The van der Waals surface area contributed by atoms with Gasteiger partial charge in [-0.1, -0.05) is 18.5 Å². The van der Waals surface area contributed by atoms with Crippen LogP contribution in [0.3, 0.4) is 0 Å². The molecule has 0 radical (unpaired) electrons. The maximum atomic E-state index is 6.18. The van der Waals surface area contributed by atoms with E-state index in [1.54, 1.807) is 35.4 Å². The highest BCUT2D eigenvalue weighted by Crippen LogP contribution is 2.39. The molecular formula is C19H17ClN4OS. The zero-order valence-electron chi connectivity index (χ0n) is 14.5. The number of aromatic nitrogens is 4. The van der Waals surface area contributed by atoms with E-state index in [-0.39, 0.29) is 0 Å². The van der Waals surface area contributed by atoms with E-state index in [1.165, 1.54) is 16.9 Å². The Kier molecular flexibility index (Phi) is 3.65. The number of hydrogen-bond acceptors (Lipinski definition) is 5. The lowest BCUT2D eigenvalue weighted by Gasteiger charge is -2.17. The van der Waals surface area contributed by atoms with Crippen LogP contribution in [0.15, 0.2) is 24.5 Å². The van der Waals surface area contributed by atoms with Crippen molar-refractivity contribution in [2.24, 2.45) is 5.92 Å². The molecule has 7 heteroatoms. The summed E-state index contributed by atoms with van der Waals surface area (Å²) in [6.07, 6.45) is 5.17. The standard InChI is InChI=1S/C19H17ClN4OS/c1-10-3-5-12-15(7-10)26-19-16(12)18-22-17(23-24(18)9-21-19)13-8-11(20)4-6-14(13)25-2/h4,6,8-10H,3,5,7H2,1-2H3/t10-/m1/s1. The second-order valence-corrected chi connectivity index (χ2v) is 8.34. The summed E-state index contributed by atoms with van der Waals surface area (Å²) in [6.45, 7) is 2.32. The van der Waals surface area contributed by atoms with E-state index in [0.717, 1.165) is 40.2 Å². The minimum absolute atomic E-state index is 0.600. The Morgan fingerprint density at radius 1 is 1.35 bits per heavy atom. The van der Waals surface area contributed by atoms with Crippen molar-refractivity contribution in [1.29, 1.82) is 0 Å². The fraction of sp³-hybridized carbons (Fsp3) is 0.316. The first-order valence-electron chi connectivity index (χ1n) is 8.63. The normalized spacial score (nSPS) is 17.0. The molecule has 0 spiro atoms. The lowest BCUT2D eigenvalue weighted by molar-refractivity contribution is 0.416. The molecule has 0 saturated heterocycles. The number of nitrogens with zero attached hydrogens (tertiary/aromatic N) is 4. The van der Waals surface area contributed by atoms with Gasteiger partial charge >= 0.3 is 0 Å². The number of aryl methyl sites for hydroxylation is 1. The predicted molar refractivity (Wildman–Crippen MR) is 104 cm³/mol. The van der Waals surface area contributed by atoms with E-state index in [2.05, 4.69) is 17.0 Å². The van der Waals surface area contributed by atoms with Crippen LogP contribution in [-0.2, 0) is 12.8 Å². The summed E-state index contributed by atoms with van der Waals surface area (Å²) in [6, 6.07) is 5.48. The molecule has 1 aromatic carbocycles. The molecule has 0 fully saturated rings. The van der Waals surface area contributed by atoms with E-state index in [9.17, 15) is 0 Å². The number of methoxy groups -OCH3 is 1.